The van der Waals surface area contributed by atoms with Gasteiger partial charge in [0.05, 0.1) is 17.0 Å². The summed E-state index contributed by atoms with van der Waals surface area (Å²) in [6.07, 6.45) is -1.20. The lowest BCUT2D eigenvalue weighted by molar-refractivity contribution is -0.127. The van der Waals surface area contributed by atoms with Crippen LogP contribution in [0.5, 0.6) is 0 Å². The van der Waals surface area contributed by atoms with Gasteiger partial charge in [-0.3, -0.25) is 4.79 Å². The predicted octanol–water partition coefficient (Wildman–Crippen LogP) is 3.43. The fraction of sp³-hybridized carbons (Fsp3) is 0.533. The lowest BCUT2D eigenvalue weighted by Crippen LogP contribution is -2.59. The Morgan fingerprint density at radius 1 is 0.951 bits per heavy atom. The number of carbonyl (C=O) groups is 2. The molecule has 0 saturated carbocycles. The van der Waals surface area contributed by atoms with Gasteiger partial charge in [-0.15, -0.1) is 5.06 Å². The van der Waals surface area contributed by atoms with E-state index < -0.39 is 45.6 Å². The summed E-state index contributed by atoms with van der Waals surface area (Å²) in [5, 5.41) is 18.2. The summed E-state index contributed by atoms with van der Waals surface area (Å²) in [7, 11) is -0.815. The summed E-state index contributed by atoms with van der Waals surface area (Å²) in [6.45, 7) is 9.40. The minimum absolute atomic E-state index is 0.135. The molecule has 2 aromatic carbocycles. The van der Waals surface area contributed by atoms with E-state index in [9.17, 15) is 23.1 Å². The third-order valence-corrected chi connectivity index (χ3v) is 8.35. The smallest absolute Gasteiger partial charge is 0.390 e. The molecule has 2 rings (SSSR count). The molecule has 41 heavy (non-hydrogen) atoms. The number of aliphatic hydroxyl groups excluding tert-OH is 1. The Morgan fingerprint density at radius 3 is 2.02 bits per heavy atom. The number of rotatable bonds is 14. The Bertz CT molecular complexity index is 1200. The summed E-state index contributed by atoms with van der Waals surface area (Å²) in [4.78, 5) is 31.1. The third-order valence-electron chi connectivity index (χ3n) is 6.47. The number of hydrogen-bond donors (Lipinski definition) is 3. The fourth-order valence-electron chi connectivity index (χ4n) is 4.19. The Kier molecular flexibility index (Phi) is 12.8. The van der Waals surface area contributed by atoms with Gasteiger partial charge in [0, 0.05) is 27.2 Å². The van der Waals surface area contributed by atoms with Crippen LogP contribution in [-0.4, -0.2) is 80.3 Å². The highest BCUT2D eigenvalue weighted by Gasteiger charge is 2.37. The van der Waals surface area contributed by atoms with Crippen molar-refractivity contribution in [1.82, 2.24) is 20.0 Å². The zero-order valence-electron chi connectivity index (χ0n) is 25.2. The minimum Gasteiger partial charge on any atom is -0.390 e. The van der Waals surface area contributed by atoms with Crippen molar-refractivity contribution < 1.29 is 28.0 Å². The van der Waals surface area contributed by atoms with Gasteiger partial charge < -0.3 is 20.6 Å². The fourth-order valence-corrected chi connectivity index (χ4v) is 5.69. The highest BCUT2D eigenvalue weighted by molar-refractivity contribution is 7.89. The number of aliphatic hydroxyl groups is 1. The summed E-state index contributed by atoms with van der Waals surface area (Å²) in [5.74, 6) is -0.284. The Hall–Kier alpha value is -2.99. The van der Waals surface area contributed by atoms with Crippen molar-refractivity contribution in [2.24, 2.45) is 11.3 Å². The molecule has 10 nitrogen and oxygen atoms in total. The lowest BCUT2D eigenvalue weighted by atomic mass is 9.85. The van der Waals surface area contributed by atoms with Gasteiger partial charge >= 0.3 is 6.09 Å². The van der Waals surface area contributed by atoms with E-state index in [4.69, 9.17) is 4.84 Å². The first-order chi connectivity index (χ1) is 19.1. The van der Waals surface area contributed by atoms with Gasteiger partial charge in [0.1, 0.15) is 6.04 Å². The SMILES string of the molecule is CC(C)CCN(CC(O)C(Cc1ccccc1)NC(=O)C(NC(=O)ON(C)C)C(C)(C)C)S(=O)(=O)c1ccccc1. The number of hydrogen-bond acceptors (Lipinski definition) is 7. The van der Waals surface area contributed by atoms with Crippen molar-refractivity contribution in [2.75, 3.05) is 27.2 Å². The molecule has 0 saturated heterocycles. The molecular weight excluding hydrogens is 544 g/mol. The molecule has 3 unspecified atom stereocenters. The normalized spacial score (nSPS) is 14.5. The number of hydroxylamine groups is 2. The maximum Gasteiger partial charge on any atom is 0.426 e. The van der Waals surface area contributed by atoms with Crippen LogP contribution in [0.1, 0.15) is 46.6 Å². The molecule has 0 radical (unpaired) electrons. The number of nitrogens with one attached hydrogen (secondary N) is 2. The van der Waals surface area contributed by atoms with Gasteiger partial charge in [-0.2, -0.15) is 4.31 Å². The molecule has 3 N–H and O–H groups in total. The van der Waals surface area contributed by atoms with Crippen LogP contribution in [-0.2, 0) is 26.1 Å². The van der Waals surface area contributed by atoms with Gasteiger partial charge in [0.25, 0.3) is 0 Å². The first kappa shape index (κ1) is 34.2. The Labute approximate surface area is 245 Å². The van der Waals surface area contributed by atoms with Crippen molar-refractivity contribution in [3.05, 3.63) is 66.2 Å². The molecule has 0 bridgehead atoms. The van der Waals surface area contributed by atoms with Crippen molar-refractivity contribution in [3.8, 4) is 0 Å². The topological polar surface area (TPSA) is 128 Å². The second-order valence-corrected chi connectivity index (χ2v) is 13.8. The summed E-state index contributed by atoms with van der Waals surface area (Å²) < 4.78 is 28.5. The summed E-state index contributed by atoms with van der Waals surface area (Å²) in [6, 6.07) is 15.6. The third kappa shape index (κ3) is 11.1. The van der Waals surface area contributed by atoms with E-state index in [1.54, 1.807) is 53.1 Å². The molecule has 0 spiro atoms. The van der Waals surface area contributed by atoms with Crippen LogP contribution in [0, 0.1) is 11.3 Å². The van der Waals surface area contributed by atoms with Crippen LogP contribution in [0.15, 0.2) is 65.6 Å². The van der Waals surface area contributed by atoms with Crippen LogP contribution in [0.3, 0.4) is 0 Å². The van der Waals surface area contributed by atoms with Crippen LogP contribution in [0.2, 0.25) is 0 Å². The number of benzene rings is 2. The van der Waals surface area contributed by atoms with Gasteiger partial charge in [-0.1, -0.05) is 83.1 Å². The second kappa shape index (κ2) is 15.3. The average molecular weight is 591 g/mol. The molecule has 3 atom stereocenters. The van der Waals surface area contributed by atoms with Crippen LogP contribution in [0.25, 0.3) is 0 Å². The Balaban J connectivity index is 2.38. The zero-order chi connectivity index (χ0) is 30.8. The molecule has 228 valence electrons. The van der Waals surface area contributed by atoms with E-state index in [2.05, 4.69) is 10.6 Å². The van der Waals surface area contributed by atoms with E-state index in [0.29, 0.717) is 6.42 Å². The molecule has 0 heterocycles. The lowest BCUT2D eigenvalue weighted by Gasteiger charge is -2.34. The molecule has 2 aromatic rings. The van der Waals surface area contributed by atoms with Crippen LogP contribution < -0.4 is 10.6 Å². The maximum absolute atomic E-state index is 13.6. The highest BCUT2D eigenvalue weighted by atomic mass is 32.2. The van der Waals surface area contributed by atoms with Crippen molar-refractivity contribution in [3.63, 3.8) is 0 Å². The first-order valence-corrected chi connectivity index (χ1v) is 15.3. The zero-order valence-corrected chi connectivity index (χ0v) is 26.0. The molecule has 0 aliphatic rings. The number of sulfonamides is 1. The van der Waals surface area contributed by atoms with E-state index in [1.165, 1.54) is 21.5 Å². The Morgan fingerprint density at radius 2 is 1.51 bits per heavy atom. The van der Waals surface area contributed by atoms with Crippen molar-refractivity contribution >= 4 is 22.0 Å². The van der Waals surface area contributed by atoms with E-state index in [1.807, 2.05) is 44.2 Å². The van der Waals surface area contributed by atoms with Gasteiger partial charge in [-0.25, -0.2) is 13.2 Å². The number of nitrogens with zero attached hydrogens (tertiary/aromatic N) is 2. The van der Waals surface area contributed by atoms with Crippen molar-refractivity contribution in [1.29, 1.82) is 0 Å². The molecular formula is C30H46N4O6S. The molecule has 2 amide bonds. The molecule has 11 heteroatoms. The number of carbonyl (C=O) groups excluding carboxylic acids is 2. The average Bonchev–Trinajstić information content (AvgIpc) is 2.89. The predicted molar refractivity (Wildman–Crippen MR) is 159 cm³/mol. The maximum atomic E-state index is 13.6. The van der Waals surface area contributed by atoms with Crippen LogP contribution >= 0.6 is 0 Å². The molecule has 0 fully saturated rings. The second-order valence-electron chi connectivity index (χ2n) is 11.9. The van der Waals surface area contributed by atoms with Crippen molar-refractivity contribution in [2.45, 2.75) is 70.5 Å². The highest BCUT2D eigenvalue weighted by Crippen LogP contribution is 2.22. The minimum atomic E-state index is -3.91. The van der Waals surface area contributed by atoms with Gasteiger partial charge in [0.15, 0.2) is 0 Å². The van der Waals surface area contributed by atoms with Crippen LogP contribution in [0.4, 0.5) is 4.79 Å². The van der Waals surface area contributed by atoms with E-state index >= 15 is 0 Å². The van der Waals surface area contributed by atoms with E-state index in [0.717, 1.165) is 5.56 Å². The molecule has 0 aliphatic heterocycles. The first-order valence-electron chi connectivity index (χ1n) is 13.8. The van der Waals surface area contributed by atoms with Gasteiger partial charge in [0.2, 0.25) is 15.9 Å². The van der Waals surface area contributed by atoms with E-state index in [-0.39, 0.29) is 30.3 Å². The quantitative estimate of drug-likeness (QED) is 0.288. The molecule has 0 aliphatic carbocycles. The monoisotopic (exact) mass is 590 g/mol. The molecule has 0 aromatic heterocycles. The summed E-state index contributed by atoms with van der Waals surface area (Å²) >= 11 is 0. The number of amides is 2. The largest absolute Gasteiger partial charge is 0.426 e. The standard InChI is InChI=1S/C30H46N4O6S/c1-22(2)18-19-34(41(38,39)24-16-12-9-13-17-24)21-26(35)25(20-23-14-10-8-11-15-23)31-28(36)27(30(3,4)5)32-29(37)40-33(6)7/h8-17,22,25-27,35H,18-21H2,1-7H3,(H,31,36)(H,32,37). The summed E-state index contributed by atoms with van der Waals surface area (Å²) in [5.41, 5.74) is 0.154. The van der Waals surface area contributed by atoms with Gasteiger partial charge in [-0.05, 0) is 41.9 Å².